The summed E-state index contributed by atoms with van der Waals surface area (Å²) in [5, 5.41) is 0.607. The van der Waals surface area contributed by atoms with Crippen LogP contribution < -0.4 is 10.6 Å². The predicted molar refractivity (Wildman–Crippen MR) is 63.0 cm³/mol. The van der Waals surface area contributed by atoms with Gasteiger partial charge in [-0.25, -0.2) is 4.98 Å². The fraction of sp³-hybridized carbons (Fsp3) is 0.700. The van der Waals surface area contributed by atoms with E-state index in [9.17, 15) is 13.2 Å². The van der Waals surface area contributed by atoms with Crippen LogP contribution in [-0.4, -0.2) is 44.0 Å². The van der Waals surface area contributed by atoms with Gasteiger partial charge < -0.3 is 15.4 Å². The third-order valence-electron chi connectivity index (χ3n) is 2.77. The second kappa shape index (κ2) is 5.41. The Hall–Kier alpha value is -0.860. The number of hydrogen-bond donors (Lipinski definition) is 1. The molecule has 18 heavy (non-hydrogen) atoms. The van der Waals surface area contributed by atoms with E-state index < -0.39 is 18.6 Å². The summed E-state index contributed by atoms with van der Waals surface area (Å²) in [6.07, 6.45) is -3.04. The van der Waals surface area contributed by atoms with Crippen molar-refractivity contribution in [2.24, 2.45) is 5.73 Å². The molecular weight excluding hydrogens is 267 g/mol. The van der Waals surface area contributed by atoms with Crippen LogP contribution in [0.3, 0.4) is 0 Å². The Morgan fingerprint density at radius 1 is 1.44 bits per heavy atom. The van der Waals surface area contributed by atoms with Gasteiger partial charge in [-0.1, -0.05) is 0 Å². The van der Waals surface area contributed by atoms with Crippen LogP contribution in [0.4, 0.5) is 18.3 Å². The number of morpholine rings is 1. The Balaban J connectivity index is 2.13. The monoisotopic (exact) mass is 281 g/mol. The number of ether oxygens (including phenoxy) is 1. The summed E-state index contributed by atoms with van der Waals surface area (Å²) >= 11 is 1.06. The van der Waals surface area contributed by atoms with Gasteiger partial charge in [-0.2, -0.15) is 13.2 Å². The van der Waals surface area contributed by atoms with Crippen LogP contribution in [0.1, 0.15) is 10.8 Å². The maximum absolute atomic E-state index is 12.7. The summed E-state index contributed by atoms with van der Waals surface area (Å²) in [5.74, 6) is -1.62. The first-order valence-electron chi connectivity index (χ1n) is 5.57. The van der Waals surface area contributed by atoms with Crippen LogP contribution in [0.15, 0.2) is 6.20 Å². The minimum Gasteiger partial charge on any atom is -0.378 e. The molecule has 1 unspecified atom stereocenters. The number of halogens is 3. The summed E-state index contributed by atoms with van der Waals surface area (Å²) in [7, 11) is 0. The molecule has 0 bridgehead atoms. The molecule has 2 N–H and O–H groups in total. The lowest BCUT2D eigenvalue weighted by molar-refractivity contribution is -0.147. The first-order chi connectivity index (χ1) is 8.52. The first kappa shape index (κ1) is 13.6. The van der Waals surface area contributed by atoms with Crippen LogP contribution in [0.2, 0.25) is 0 Å². The van der Waals surface area contributed by atoms with Gasteiger partial charge in [0, 0.05) is 30.7 Å². The summed E-state index contributed by atoms with van der Waals surface area (Å²) < 4.78 is 43.4. The van der Waals surface area contributed by atoms with Gasteiger partial charge >= 0.3 is 6.18 Å². The standard InChI is InChI=1S/C10H14F3N3OS/c11-10(12,13)7(5-14)8-6-15-9(18-8)16-1-3-17-4-2-16/h6-7H,1-5,14H2. The number of nitrogens with zero attached hydrogens (tertiary/aromatic N) is 2. The molecule has 2 rings (SSSR count). The number of alkyl halides is 3. The molecule has 1 aliphatic rings. The van der Waals surface area contributed by atoms with Gasteiger partial charge in [-0.3, -0.25) is 0 Å². The lowest BCUT2D eigenvalue weighted by Crippen LogP contribution is -2.36. The molecule has 0 radical (unpaired) electrons. The largest absolute Gasteiger partial charge is 0.397 e. The van der Waals surface area contributed by atoms with Crippen molar-refractivity contribution in [3.63, 3.8) is 0 Å². The molecule has 1 atom stereocenters. The number of nitrogens with two attached hydrogens (primary N) is 1. The van der Waals surface area contributed by atoms with Crippen LogP contribution in [-0.2, 0) is 4.74 Å². The zero-order valence-corrected chi connectivity index (χ0v) is 10.4. The van der Waals surface area contributed by atoms with Crippen molar-refractivity contribution in [2.45, 2.75) is 12.1 Å². The van der Waals surface area contributed by atoms with Gasteiger partial charge in [-0.15, -0.1) is 11.3 Å². The van der Waals surface area contributed by atoms with Crippen molar-refractivity contribution in [3.8, 4) is 0 Å². The Bertz CT molecular complexity index is 390. The number of rotatable bonds is 3. The highest BCUT2D eigenvalue weighted by atomic mass is 32.1. The highest BCUT2D eigenvalue weighted by Gasteiger charge is 2.41. The molecule has 1 saturated heterocycles. The molecule has 1 aliphatic heterocycles. The van der Waals surface area contributed by atoms with Crippen LogP contribution in [0, 0.1) is 0 Å². The van der Waals surface area contributed by atoms with E-state index in [-0.39, 0.29) is 4.88 Å². The molecule has 102 valence electrons. The maximum Gasteiger partial charge on any atom is 0.397 e. The van der Waals surface area contributed by atoms with E-state index in [2.05, 4.69) is 4.98 Å². The Labute approximate surface area is 107 Å². The molecule has 1 aromatic rings. The van der Waals surface area contributed by atoms with E-state index in [1.165, 1.54) is 6.20 Å². The quantitative estimate of drug-likeness (QED) is 0.914. The van der Waals surface area contributed by atoms with Crippen LogP contribution >= 0.6 is 11.3 Å². The summed E-state index contributed by atoms with van der Waals surface area (Å²) in [6.45, 7) is 2.02. The van der Waals surface area contributed by atoms with E-state index in [0.717, 1.165) is 11.3 Å². The highest BCUT2D eigenvalue weighted by Crippen LogP contribution is 2.38. The summed E-state index contributed by atoms with van der Waals surface area (Å²) in [4.78, 5) is 6.16. The zero-order valence-electron chi connectivity index (χ0n) is 9.61. The average molecular weight is 281 g/mol. The van der Waals surface area contributed by atoms with Gasteiger partial charge in [0.05, 0.1) is 13.2 Å². The molecule has 0 aliphatic carbocycles. The van der Waals surface area contributed by atoms with Gasteiger partial charge in [0.1, 0.15) is 5.92 Å². The lowest BCUT2D eigenvalue weighted by Gasteiger charge is -2.26. The van der Waals surface area contributed by atoms with Crippen molar-refractivity contribution >= 4 is 16.5 Å². The minimum atomic E-state index is -4.32. The van der Waals surface area contributed by atoms with Crippen molar-refractivity contribution in [1.29, 1.82) is 0 Å². The fourth-order valence-electron chi connectivity index (χ4n) is 1.75. The van der Waals surface area contributed by atoms with E-state index >= 15 is 0 Å². The molecular formula is C10H14F3N3OS. The second-order valence-electron chi connectivity index (χ2n) is 3.97. The molecule has 0 spiro atoms. The molecule has 8 heteroatoms. The van der Waals surface area contributed by atoms with Gasteiger partial charge in [0.2, 0.25) is 0 Å². The lowest BCUT2D eigenvalue weighted by atomic mass is 10.1. The van der Waals surface area contributed by atoms with Crippen molar-refractivity contribution < 1.29 is 17.9 Å². The SMILES string of the molecule is NCC(c1cnc(N2CCOCC2)s1)C(F)(F)F. The Kier molecular flexibility index (Phi) is 4.08. The van der Waals surface area contributed by atoms with E-state index in [1.54, 1.807) is 0 Å². The number of thiazole rings is 1. The van der Waals surface area contributed by atoms with Crippen molar-refractivity contribution in [1.82, 2.24) is 4.98 Å². The molecule has 4 nitrogen and oxygen atoms in total. The second-order valence-corrected chi connectivity index (χ2v) is 5.02. The molecule has 1 aromatic heterocycles. The van der Waals surface area contributed by atoms with Crippen LogP contribution in [0.25, 0.3) is 0 Å². The molecule has 0 saturated carbocycles. The van der Waals surface area contributed by atoms with E-state index in [1.807, 2.05) is 4.90 Å². The fourth-order valence-corrected chi connectivity index (χ4v) is 2.86. The van der Waals surface area contributed by atoms with E-state index in [4.69, 9.17) is 10.5 Å². The van der Waals surface area contributed by atoms with E-state index in [0.29, 0.717) is 31.4 Å². The third kappa shape index (κ3) is 2.93. The highest BCUT2D eigenvalue weighted by molar-refractivity contribution is 7.15. The number of hydrogen-bond acceptors (Lipinski definition) is 5. The number of aromatic nitrogens is 1. The molecule has 0 amide bonds. The maximum atomic E-state index is 12.7. The Morgan fingerprint density at radius 2 is 2.11 bits per heavy atom. The number of anilines is 1. The average Bonchev–Trinajstić information content (AvgIpc) is 2.78. The first-order valence-corrected chi connectivity index (χ1v) is 6.39. The smallest absolute Gasteiger partial charge is 0.378 e. The third-order valence-corrected chi connectivity index (χ3v) is 3.94. The predicted octanol–water partition coefficient (Wildman–Crippen LogP) is 1.58. The van der Waals surface area contributed by atoms with Gasteiger partial charge in [-0.05, 0) is 0 Å². The van der Waals surface area contributed by atoms with Gasteiger partial charge in [0.25, 0.3) is 0 Å². The van der Waals surface area contributed by atoms with Crippen LogP contribution in [0.5, 0.6) is 0 Å². The topological polar surface area (TPSA) is 51.4 Å². The van der Waals surface area contributed by atoms with Crippen molar-refractivity contribution in [2.75, 3.05) is 37.7 Å². The molecule has 0 aromatic carbocycles. The summed E-state index contributed by atoms with van der Waals surface area (Å²) in [6, 6.07) is 0. The zero-order chi connectivity index (χ0) is 13.2. The van der Waals surface area contributed by atoms with Crippen molar-refractivity contribution in [3.05, 3.63) is 11.1 Å². The summed E-state index contributed by atoms with van der Waals surface area (Å²) in [5.41, 5.74) is 5.20. The normalized spacial score (nSPS) is 19.0. The molecule has 1 fully saturated rings. The molecule has 2 heterocycles. The minimum absolute atomic E-state index is 0.173. The van der Waals surface area contributed by atoms with Gasteiger partial charge in [0.15, 0.2) is 5.13 Å². The Morgan fingerprint density at radius 3 is 2.67 bits per heavy atom.